The van der Waals surface area contributed by atoms with Gasteiger partial charge in [-0.15, -0.1) is 0 Å². The van der Waals surface area contributed by atoms with E-state index in [9.17, 15) is 24.5 Å². The Balaban J connectivity index is 2.06. The van der Waals surface area contributed by atoms with Crippen molar-refractivity contribution in [3.05, 3.63) is 39.9 Å². The smallest absolute Gasteiger partial charge is 0.410 e. The predicted octanol–water partition coefficient (Wildman–Crippen LogP) is 1.05. The van der Waals surface area contributed by atoms with Crippen molar-refractivity contribution in [2.45, 2.75) is 30.2 Å². The zero-order chi connectivity index (χ0) is 18.6. The van der Waals surface area contributed by atoms with Crippen molar-refractivity contribution < 1.29 is 24.0 Å². The number of primary amides is 1. The summed E-state index contributed by atoms with van der Waals surface area (Å²) in [6.07, 6.45) is -0.348. The van der Waals surface area contributed by atoms with Gasteiger partial charge in [-0.05, 0) is 24.1 Å². The Morgan fingerprint density at radius 2 is 2.08 bits per heavy atom. The van der Waals surface area contributed by atoms with Crippen LogP contribution in [0.5, 0.6) is 0 Å². The van der Waals surface area contributed by atoms with Crippen molar-refractivity contribution in [3.8, 4) is 0 Å². The molecule has 0 aliphatic carbocycles. The van der Waals surface area contributed by atoms with Crippen molar-refractivity contribution >= 4 is 36.6 Å². The molecule has 1 saturated heterocycles. The van der Waals surface area contributed by atoms with Crippen LogP contribution in [-0.4, -0.2) is 45.4 Å². The molecule has 1 aliphatic heterocycles. The molecule has 2 rings (SSSR count). The minimum atomic E-state index is -1.36. The Labute approximate surface area is 148 Å². The zero-order valence-electron chi connectivity index (χ0n) is 13.2. The maximum atomic E-state index is 12.3. The highest BCUT2D eigenvalue weighted by Crippen LogP contribution is 2.34. The number of thiol groups is 1. The van der Waals surface area contributed by atoms with Crippen molar-refractivity contribution in [2.75, 3.05) is 6.54 Å². The number of hydrogen-bond donors (Lipinski definition) is 2. The molecule has 1 aromatic rings. The highest BCUT2D eigenvalue weighted by Gasteiger charge is 2.49. The average Bonchev–Trinajstić information content (AvgIpc) is 2.89. The molecule has 0 saturated carbocycles. The number of benzene rings is 1. The Morgan fingerprint density at radius 3 is 2.60 bits per heavy atom. The molecule has 1 aromatic carbocycles. The number of likely N-dealkylation sites (tertiary alicyclic amines) is 1. The first-order valence-electron chi connectivity index (χ1n) is 7.38. The summed E-state index contributed by atoms with van der Waals surface area (Å²) >= 11 is 4.28. The van der Waals surface area contributed by atoms with Crippen LogP contribution in [0.15, 0.2) is 24.3 Å². The molecule has 1 fully saturated rings. The lowest BCUT2D eigenvalue weighted by atomic mass is 9.93. The molecule has 0 bridgehead atoms. The Morgan fingerprint density at radius 1 is 1.44 bits per heavy atom. The maximum absolute atomic E-state index is 12.3. The number of carbonyl (C=O) groups is 3. The summed E-state index contributed by atoms with van der Waals surface area (Å²) < 4.78 is 5.17. The standard InChI is InChI=1S/C15H17N3O6S/c16-13(20)6-15(9-19)5-12(25)7-17(15)14(21)24-8-10-1-3-11(4-2-10)18(22)23/h1-4,9,12,25H,5-8H2,(H2,16,20)/t12-,15+/m0/s1. The van der Waals surface area contributed by atoms with E-state index in [-0.39, 0.29) is 36.9 Å². The van der Waals surface area contributed by atoms with E-state index < -0.39 is 22.5 Å². The van der Waals surface area contributed by atoms with E-state index in [0.29, 0.717) is 11.8 Å². The molecule has 2 amide bonds. The molecule has 1 aliphatic rings. The topological polar surface area (TPSA) is 133 Å². The lowest BCUT2D eigenvalue weighted by Gasteiger charge is -2.31. The van der Waals surface area contributed by atoms with Gasteiger partial charge < -0.3 is 15.3 Å². The fourth-order valence-electron chi connectivity index (χ4n) is 2.79. The first-order valence-corrected chi connectivity index (χ1v) is 7.89. The lowest BCUT2D eigenvalue weighted by Crippen LogP contribution is -2.51. The van der Waals surface area contributed by atoms with Crippen molar-refractivity contribution in [1.82, 2.24) is 4.90 Å². The van der Waals surface area contributed by atoms with Gasteiger partial charge in [0.2, 0.25) is 5.91 Å². The summed E-state index contributed by atoms with van der Waals surface area (Å²) in [6.45, 7) is 0.0182. The molecule has 0 radical (unpaired) electrons. The minimum Gasteiger partial charge on any atom is -0.445 e. The Bertz CT molecular complexity index is 695. The van der Waals surface area contributed by atoms with E-state index in [2.05, 4.69) is 12.6 Å². The van der Waals surface area contributed by atoms with Gasteiger partial charge in [-0.1, -0.05) is 0 Å². The monoisotopic (exact) mass is 367 g/mol. The van der Waals surface area contributed by atoms with Crippen molar-refractivity contribution in [1.29, 1.82) is 0 Å². The van der Waals surface area contributed by atoms with Gasteiger partial charge in [-0.2, -0.15) is 12.6 Å². The van der Waals surface area contributed by atoms with Crippen LogP contribution in [0.1, 0.15) is 18.4 Å². The van der Waals surface area contributed by atoms with E-state index in [1.54, 1.807) is 0 Å². The number of amides is 2. The first-order chi connectivity index (χ1) is 11.8. The zero-order valence-corrected chi connectivity index (χ0v) is 14.1. The summed E-state index contributed by atoms with van der Waals surface area (Å²) in [7, 11) is 0. The second kappa shape index (κ2) is 7.51. The average molecular weight is 367 g/mol. The van der Waals surface area contributed by atoms with Crippen LogP contribution in [0.4, 0.5) is 10.5 Å². The van der Waals surface area contributed by atoms with Gasteiger partial charge in [0, 0.05) is 23.9 Å². The summed E-state index contributed by atoms with van der Waals surface area (Å²) in [5.74, 6) is -0.706. The second-order valence-corrected chi connectivity index (χ2v) is 6.54. The first kappa shape index (κ1) is 18.7. The van der Waals surface area contributed by atoms with Crippen LogP contribution in [0, 0.1) is 10.1 Å². The molecule has 25 heavy (non-hydrogen) atoms. The number of nitro groups is 1. The fraction of sp³-hybridized carbons (Fsp3) is 0.400. The van der Waals surface area contributed by atoms with E-state index in [1.807, 2.05) is 0 Å². The maximum Gasteiger partial charge on any atom is 0.410 e. The van der Waals surface area contributed by atoms with Gasteiger partial charge in [-0.25, -0.2) is 4.79 Å². The van der Waals surface area contributed by atoms with Gasteiger partial charge in [0.25, 0.3) is 5.69 Å². The van der Waals surface area contributed by atoms with E-state index >= 15 is 0 Å². The molecular formula is C15H17N3O6S. The molecule has 1 heterocycles. The van der Waals surface area contributed by atoms with Crippen LogP contribution in [0.2, 0.25) is 0 Å². The number of hydrogen-bond acceptors (Lipinski definition) is 7. The number of nitrogens with zero attached hydrogens (tertiary/aromatic N) is 2. The highest BCUT2D eigenvalue weighted by atomic mass is 32.1. The minimum absolute atomic E-state index is 0.0750. The number of aldehydes is 1. The molecule has 2 N–H and O–H groups in total. The van der Waals surface area contributed by atoms with Crippen molar-refractivity contribution in [3.63, 3.8) is 0 Å². The lowest BCUT2D eigenvalue weighted by molar-refractivity contribution is -0.384. The van der Waals surface area contributed by atoms with Crippen LogP contribution >= 0.6 is 12.6 Å². The summed E-state index contributed by atoms with van der Waals surface area (Å²) in [5.41, 5.74) is 4.30. The molecular weight excluding hydrogens is 350 g/mol. The Hall–Kier alpha value is -2.62. The number of rotatable bonds is 6. The van der Waals surface area contributed by atoms with Gasteiger partial charge in [0.1, 0.15) is 18.4 Å². The van der Waals surface area contributed by atoms with Crippen LogP contribution in [-0.2, 0) is 20.9 Å². The van der Waals surface area contributed by atoms with Gasteiger partial charge in [0.15, 0.2) is 0 Å². The number of carbonyl (C=O) groups excluding carboxylic acids is 3. The molecule has 0 unspecified atom stereocenters. The molecule has 134 valence electrons. The van der Waals surface area contributed by atoms with E-state index in [0.717, 1.165) is 4.90 Å². The number of ether oxygens (including phenoxy) is 1. The molecule has 9 nitrogen and oxygen atoms in total. The highest BCUT2D eigenvalue weighted by molar-refractivity contribution is 7.81. The molecule has 10 heteroatoms. The van der Waals surface area contributed by atoms with Gasteiger partial charge in [0.05, 0.1) is 11.3 Å². The Kier molecular flexibility index (Phi) is 5.62. The summed E-state index contributed by atoms with van der Waals surface area (Å²) in [5, 5.41) is 10.3. The van der Waals surface area contributed by atoms with Gasteiger partial charge >= 0.3 is 6.09 Å². The predicted molar refractivity (Wildman–Crippen MR) is 90.0 cm³/mol. The van der Waals surface area contributed by atoms with Crippen LogP contribution < -0.4 is 5.73 Å². The normalized spacial score (nSPS) is 22.4. The number of nitrogens with two attached hydrogens (primary N) is 1. The third-order valence-corrected chi connectivity index (χ3v) is 4.30. The summed E-state index contributed by atoms with van der Waals surface area (Å²) in [4.78, 5) is 46.4. The SMILES string of the molecule is NC(=O)C[C@@]1(C=O)C[C@H](S)CN1C(=O)OCc1ccc([N+](=O)[O-])cc1. The molecule has 0 spiro atoms. The van der Waals surface area contributed by atoms with E-state index in [1.165, 1.54) is 24.3 Å². The third kappa shape index (κ3) is 4.27. The number of non-ortho nitro benzene ring substituents is 1. The largest absolute Gasteiger partial charge is 0.445 e. The third-order valence-electron chi connectivity index (χ3n) is 3.95. The fourth-order valence-corrected chi connectivity index (χ4v) is 3.27. The quantitative estimate of drug-likeness (QED) is 0.334. The van der Waals surface area contributed by atoms with E-state index in [4.69, 9.17) is 10.5 Å². The second-order valence-electron chi connectivity index (χ2n) is 5.81. The summed E-state index contributed by atoms with van der Waals surface area (Å²) in [6, 6.07) is 5.53. The van der Waals surface area contributed by atoms with Gasteiger partial charge in [-0.3, -0.25) is 19.8 Å². The van der Waals surface area contributed by atoms with Crippen LogP contribution in [0.3, 0.4) is 0 Å². The van der Waals surface area contributed by atoms with Crippen molar-refractivity contribution in [2.24, 2.45) is 5.73 Å². The molecule has 2 atom stereocenters. The molecule has 0 aromatic heterocycles. The van der Waals surface area contributed by atoms with Crippen LogP contribution in [0.25, 0.3) is 0 Å². The number of nitro benzene ring substituents is 1.